The molecular formula is C21H27F3O2. The second-order valence-electron chi connectivity index (χ2n) is 7.41. The lowest BCUT2D eigenvalue weighted by atomic mass is 9.96. The molecule has 0 heterocycles. The Morgan fingerprint density at radius 3 is 2.42 bits per heavy atom. The van der Waals surface area contributed by atoms with Crippen molar-refractivity contribution in [3.05, 3.63) is 35.4 Å². The molecule has 0 amide bonds. The van der Waals surface area contributed by atoms with E-state index in [9.17, 15) is 13.2 Å². The molecule has 2 saturated carbocycles. The zero-order valence-corrected chi connectivity index (χ0v) is 15.3. The van der Waals surface area contributed by atoms with Gasteiger partial charge >= 0.3 is 6.36 Å². The predicted octanol–water partition coefficient (Wildman–Crippen LogP) is 6.50. The largest absolute Gasteiger partial charge is 0.573 e. The first-order valence-electron chi connectivity index (χ1n) is 9.64. The van der Waals surface area contributed by atoms with E-state index in [4.69, 9.17) is 4.74 Å². The lowest BCUT2D eigenvalue weighted by molar-refractivity contribution is -0.275. The Labute approximate surface area is 153 Å². The second-order valence-corrected chi connectivity index (χ2v) is 7.41. The maximum atomic E-state index is 12.9. The molecule has 1 aromatic carbocycles. The molecule has 2 aliphatic carbocycles. The third-order valence-electron chi connectivity index (χ3n) is 5.43. The molecule has 1 aromatic rings. The van der Waals surface area contributed by atoms with Gasteiger partial charge in [-0.25, -0.2) is 0 Å². The van der Waals surface area contributed by atoms with Crippen LogP contribution in [-0.4, -0.2) is 12.5 Å². The van der Waals surface area contributed by atoms with E-state index in [0.717, 1.165) is 31.2 Å². The molecule has 0 N–H and O–H groups in total. The minimum atomic E-state index is -4.72. The molecule has 0 unspecified atom stereocenters. The number of allylic oxidation sites excluding steroid dienone is 2. The molecule has 5 heteroatoms. The zero-order chi connectivity index (χ0) is 18.6. The average molecular weight is 368 g/mol. The standard InChI is InChI=1S/C21H27F3O2/c1-15-17(10-5-4-9-16-7-2-3-8-16)13-14-19(25-18-11-6-12-18)20(15)26-21(22,23)24/h4,9,13-14,16,18H,2-3,5-8,10-12H2,1H3/b9-4+. The molecule has 3 rings (SSSR count). The highest BCUT2D eigenvalue weighted by atomic mass is 19.4. The van der Waals surface area contributed by atoms with Crippen LogP contribution in [0.25, 0.3) is 0 Å². The number of hydrogen-bond acceptors (Lipinski definition) is 2. The van der Waals surface area contributed by atoms with Crippen LogP contribution in [0, 0.1) is 12.8 Å². The average Bonchev–Trinajstić information content (AvgIpc) is 3.04. The monoisotopic (exact) mass is 368 g/mol. The van der Waals surface area contributed by atoms with Crippen molar-refractivity contribution in [2.75, 3.05) is 0 Å². The third kappa shape index (κ3) is 5.18. The summed E-state index contributed by atoms with van der Waals surface area (Å²) in [5, 5.41) is 0. The van der Waals surface area contributed by atoms with Crippen molar-refractivity contribution >= 4 is 0 Å². The fourth-order valence-electron chi connectivity index (χ4n) is 3.66. The molecule has 0 bridgehead atoms. The molecule has 0 spiro atoms. The van der Waals surface area contributed by atoms with Crippen LogP contribution in [0.15, 0.2) is 24.3 Å². The third-order valence-corrected chi connectivity index (χ3v) is 5.43. The summed E-state index contributed by atoms with van der Waals surface area (Å²) in [4.78, 5) is 0. The predicted molar refractivity (Wildman–Crippen MR) is 95.5 cm³/mol. The number of alkyl halides is 3. The van der Waals surface area contributed by atoms with Gasteiger partial charge in [-0.2, -0.15) is 0 Å². The summed E-state index contributed by atoms with van der Waals surface area (Å²) in [5.74, 6) is 0.704. The van der Waals surface area contributed by atoms with Crippen LogP contribution in [-0.2, 0) is 6.42 Å². The highest BCUT2D eigenvalue weighted by molar-refractivity contribution is 5.50. The van der Waals surface area contributed by atoms with Gasteiger partial charge in [-0.1, -0.05) is 31.1 Å². The van der Waals surface area contributed by atoms with E-state index in [1.54, 1.807) is 13.0 Å². The lowest BCUT2D eigenvalue weighted by Crippen LogP contribution is -2.26. The summed E-state index contributed by atoms with van der Waals surface area (Å²) in [5.41, 5.74) is 1.40. The first-order valence-corrected chi connectivity index (χ1v) is 9.64. The van der Waals surface area contributed by atoms with Crippen molar-refractivity contribution < 1.29 is 22.6 Å². The molecule has 2 nitrogen and oxygen atoms in total. The Bertz CT molecular complexity index is 627. The number of ether oxygens (including phenoxy) is 2. The molecular weight excluding hydrogens is 341 g/mol. The van der Waals surface area contributed by atoms with E-state index in [1.807, 2.05) is 6.07 Å². The number of halogens is 3. The molecule has 144 valence electrons. The van der Waals surface area contributed by atoms with Gasteiger partial charge in [0.25, 0.3) is 0 Å². The van der Waals surface area contributed by atoms with Crippen LogP contribution in [0.4, 0.5) is 13.2 Å². The minimum absolute atomic E-state index is 0.00480. The van der Waals surface area contributed by atoms with Gasteiger partial charge in [0.1, 0.15) is 0 Å². The first kappa shape index (κ1) is 19.1. The summed E-state index contributed by atoms with van der Waals surface area (Å²) in [7, 11) is 0. The SMILES string of the molecule is Cc1c(CC/C=C/C2CCCC2)ccc(OC2CCC2)c1OC(F)(F)F. The van der Waals surface area contributed by atoms with E-state index in [0.29, 0.717) is 17.9 Å². The van der Waals surface area contributed by atoms with Crippen LogP contribution < -0.4 is 9.47 Å². The van der Waals surface area contributed by atoms with Gasteiger partial charge in [0.15, 0.2) is 11.5 Å². The Morgan fingerprint density at radius 2 is 1.81 bits per heavy atom. The van der Waals surface area contributed by atoms with Crippen LogP contribution in [0.2, 0.25) is 0 Å². The Kier molecular flexibility index (Phi) is 6.15. The summed E-state index contributed by atoms with van der Waals surface area (Å²) in [6.45, 7) is 1.69. The van der Waals surface area contributed by atoms with E-state index in [2.05, 4.69) is 16.9 Å². The number of hydrogen-bond donors (Lipinski definition) is 0. The van der Waals surface area contributed by atoms with E-state index in [-0.39, 0.29) is 17.6 Å². The van der Waals surface area contributed by atoms with Gasteiger partial charge in [0.05, 0.1) is 6.10 Å². The molecule has 0 radical (unpaired) electrons. The quantitative estimate of drug-likeness (QED) is 0.511. The highest BCUT2D eigenvalue weighted by Gasteiger charge is 2.34. The molecule has 0 atom stereocenters. The number of aryl methyl sites for hydroxylation is 1. The number of rotatable bonds is 7. The highest BCUT2D eigenvalue weighted by Crippen LogP contribution is 2.39. The van der Waals surface area contributed by atoms with Crippen molar-refractivity contribution in [1.82, 2.24) is 0 Å². The minimum Gasteiger partial charge on any atom is -0.487 e. The molecule has 0 aromatic heterocycles. The molecule has 0 aliphatic heterocycles. The fraction of sp³-hybridized carbons (Fsp3) is 0.619. The van der Waals surface area contributed by atoms with Gasteiger partial charge in [-0.15, -0.1) is 13.2 Å². The number of benzene rings is 1. The smallest absolute Gasteiger partial charge is 0.487 e. The summed E-state index contributed by atoms with van der Waals surface area (Å²) >= 11 is 0. The van der Waals surface area contributed by atoms with Gasteiger partial charge < -0.3 is 9.47 Å². The van der Waals surface area contributed by atoms with Gasteiger partial charge in [0, 0.05) is 0 Å². The normalized spacial score (nSPS) is 19.1. The van der Waals surface area contributed by atoms with Gasteiger partial charge in [-0.05, 0) is 75.0 Å². The van der Waals surface area contributed by atoms with Crippen molar-refractivity contribution in [3.63, 3.8) is 0 Å². The summed E-state index contributed by atoms with van der Waals surface area (Å²) < 4.78 is 48.6. The lowest BCUT2D eigenvalue weighted by Gasteiger charge is -2.28. The molecule has 2 fully saturated rings. The summed E-state index contributed by atoms with van der Waals surface area (Å²) in [6.07, 6.45) is 9.19. The van der Waals surface area contributed by atoms with Crippen molar-refractivity contribution in [1.29, 1.82) is 0 Å². The second kappa shape index (κ2) is 8.36. The molecule has 0 saturated heterocycles. The molecule has 26 heavy (non-hydrogen) atoms. The van der Waals surface area contributed by atoms with Gasteiger partial charge in [0.2, 0.25) is 0 Å². The summed E-state index contributed by atoms with van der Waals surface area (Å²) in [6, 6.07) is 3.50. The Balaban J connectivity index is 1.69. The topological polar surface area (TPSA) is 18.5 Å². The van der Waals surface area contributed by atoms with E-state index < -0.39 is 6.36 Å². The fourth-order valence-corrected chi connectivity index (χ4v) is 3.66. The first-order chi connectivity index (χ1) is 12.4. The van der Waals surface area contributed by atoms with E-state index >= 15 is 0 Å². The van der Waals surface area contributed by atoms with Gasteiger partial charge in [-0.3, -0.25) is 0 Å². The van der Waals surface area contributed by atoms with Crippen LogP contribution >= 0.6 is 0 Å². The maximum Gasteiger partial charge on any atom is 0.573 e. The Morgan fingerprint density at radius 1 is 1.08 bits per heavy atom. The van der Waals surface area contributed by atoms with E-state index in [1.165, 1.54) is 25.7 Å². The van der Waals surface area contributed by atoms with Crippen LogP contribution in [0.1, 0.15) is 62.5 Å². The van der Waals surface area contributed by atoms with Crippen molar-refractivity contribution in [2.24, 2.45) is 5.92 Å². The zero-order valence-electron chi connectivity index (χ0n) is 15.3. The Hall–Kier alpha value is -1.65. The maximum absolute atomic E-state index is 12.9. The van der Waals surface area contributed by atoms with Crippen molar-refractivity contribution in [3.8, 4) is 11.5 Å². The van der Waals surface area contributed by atoms with Crippen LogP contribution in [0.3, 0.4) is 0 Å². The van der Waals surface area contributed by atoms with Crippen molar-refractivity contribution in [2.45, 2.75) is 77.2 Å². The molecule has 2 aliphatic rings. The van der Waals surface area contributed by atoms with Crippen LogP contribution in [0.5, 0.6) is 11.5 Å².